The van der Waals surface area contributed by atoms with Crippen LogP contribution in [0, 0.1) is 9.49 Å². The van der Waals surface area contributed by atoms with Gasteiger partial charge in [-0.3, -0.25) is 0 Å². The van der Waals surface area contributed by atoms with E-state index in [1.807, 2.05) is 0 Å². The Morgan fingerprint density at radius 1 is 1.16 bits per heavy atom. The Labute approximate surface area is 124 Å². The molecule has 3 aliphatic rings. The van der Waals surface area contributed by atoms with Gasteiger partial charge in [0.25, 0.3) is 0 Å². The average Bonchev–Trinajstić information content (AvgIpc) is 2.79. The van der Waals surface area contributed by atoms with Crippen molar-refractivity contribution in [2.45, 2.75) is 31.5 Å². The zero-order valence-corrected chi connectivity index (χ0v) is 13.1. The summed E-state index contributed by atoms with van der Waals surface area (Å²) in [6, 6.07) is 8.98. The van der Waals surface area contributed by atoms with Crippen molar-refractivity contribution in [3.05, 3.63) is 43.1 Å². The van der Waals surface area contributed by atoms with E-state index >= 15 is 0 Å². The molecule has 1 aliphatic carbocycles. The van der Waals surface area contributed by atoms with Crippen LogP contribution in [0.5, 0.6) is 0 Å². The van der Waals surface area contributed by atoms with Gasteiger partial charge in [-0.2, -0.15) is 0 Å². The Hall–Kier alpha value is -0.390. The first-order valence-corrected chi connectivity index (χ1v) is 9.35. The van der Waals surface area contributed by atoms with Gasteiger partial charge in [0.2, 0.25) is 0 Å². The van der Waals surface area contributed by atoms with Crippen molar-refractivity contribution in [1.29, 1.82) is 0 Å². The van der Waals surface area contributed by atoms with Gasteiger partial charge in [-0.1, -0.05) is 0 Å². The van der Waals surface area contributed by atoms with E-state index in [0.29, 0.717) is 5.92 Å². The molecule has 4 rings (SSSR count). The molecular weight excluding hydrogens is 351 g/mol. The second-order valence-electron chi connectivity index (χ2n) is 5.60. The van der Waals surface area contributed by atoms with Gasteiger partial charge in [-0.05, 0) is 0 Å². The first-order chi connectivity index (χ1) is 9.35. The summed E-state index contributed by atoms with van der Waals surface area (Å²) in [6.07, 6.45) is 4.45. The van der Waals surface area contributed by atoms with E-state index in [-0.39, 0.29) is 27.0 Å². The number of hydrogen-bond donors (Lipinski definition) is 0. The second-order valence-corrected chi connectivity index (χ2v) is 8.01. The van der Waals surface area contributed by atoms with Crippen molar-refractivity contribution < 1.29 is 30.7 Å². The first-order valence-electron chi connectivity index (χ1n) is 7.03. The zero-order chi connectivity index (χ0) is 12.7. The minimum absolute atomic E-state index is 0.0531. The van der Waals surface area contributed by atoms with E-state index in [0.717, 1.165) is 26.1 Å². The van der Waals surface area contributed by atoms with Crippen molar-refractivity contribution in [1.82, 2.24) is 0 Å². The number of fused-ring (bicyclic) bond motifs is 2. The van der Waals surface area contributed by atoms with E-state index in [2.05, 4.69) is 28.3 Å². The summed E-state index contributed by atoms with van der Waals surface area (Å²) in [5.74, 6) is 0.384. The van der Waals surface area contributed by atoms with E-state index in [1.54, 1.807) is 14.7 Å². The molecular formula is C16H18IO2-. The summed E-state index contributed by atoms with van der Waals surface area (Å²) in [6.45, 7) is 1.55. The van der Waals surface area contributed by atoms with E-state index < -0.39 is 0 Å². The fourth-order valence-corrected chi connectivity index (χ4v) is 6.19. The van der Waals surface area contributed by atoms with Gasteiger partial charge in [0.1, 0.15) is 0 Å². The van der Waals surface area contributed by atoms with Gasteiger partial charge < -0.3 is 0 Å². The number of allylic oxidation sites excluding steroid dienone is 1. The van der Waals surface area contributed by atoms with Gasteiger partial charge in [0.15, 0.2) is 0 Å². The SMILES string of the molecule is C1=C2CCC3(CC2Cc2ccccc2[I-]1)OCCO3. The predicted octanol–water partition coefficient (Wildman–Crippen LogP) is -0.0716. The molecule has 1 saturated carbocycles. The van der Waals surface area contributed by atoms with Crippen LogP contribution < -0.4 is 21.2 Å². The molecule has 1 aromatic carbocycles. The first kappa shape index (κ1) is 12.4. The molecule has 2 nitrogen and oxygen atoms in total. The van der Waals surface area contributed by atoms with E-state index in [9.17, 15) is 0 Å². The number of benzene rings is 1. The molecule has 1 aromatic rings. The summed E-state index contributed by atoms with van der Waals surface area (Å²) in [4.78, 5) is 0. The fraction of sp³-hybridized carbons (Fsp3) is 0.500. The molecule has 0 radical (unpaired) electrons. The summed E-state index contributed by atoms with van der Waals surface area (Å²) in [5.41, 5.74) is 3.23. The van der Waals surface area contributed by atoms with Crippen molar-refractivity contribution >= 4 is 0 Å². The van der Waals surface area contributed by atoms with Crippen molar-refractivity contribution in [3.8, 4) is 0 Å². The quantitative estimate of drug-likeness (QED) is 0.597. The van der Waals surface area contributed by atoms with Crippen LogP contribution in [0.15, 0.2) is 33.9 Å². The predicted molar refractivity (Wildman–Crippen MR) is 68.9 cm³/mol. The Balaban J connectivity index is 1.63. The van der Waals surface area contributed by atoms with Crippen molar-refractivity contribution in [3.63, 3.8) is 0 Å². The van der Waals surface area contributed by atoms with Crippen molar-refractivity contribution in [2.24, 2.45) is 5.92 Å². The number of halogens is 1. The normalized spacial score (nSPS) is 28.8. The third-order valence-corrected chi connectivity index (χ3v) is 7.26. The van der Waals surface area contributed by atoms with Gasteiger partial charge in [0.05, 0.1) is 0 Å². The average molecular weight is 369 g/mol. The summed E-state index contributed by atoms with van der Waals surface area (Å²) >= 11 is 0.0531. The molecule has 19 heavy (non-hydrogen) atoms. The van der Waals surface area contributed by atoms with Gasteiger partial charge in [-0.15, -0.1) is 0 Å². The maximum atomic E-state index is 5.92. The molecule has 3 heteroatoms. The minimum atomic E-state index is -0.250. The van der Waals surface area contributed by atoms with E-state index in [4.69, 9.17) is 9.47 Å². The van der Waals surface area contributed by atoms with E-state index in [1.165, 1.54) is 12.8 Å². The van der Waals surface area contributed by atoms with Crippen LogP contribution in [-0.4, -0.2) is 19.0 Å². The number of ether oxygens (including phenoxy) is 2. The van der Waals surface area contributed by atoms with Crippen LogP contribution in [0.3, 0.4) is 0 Å². The van der Waals surface area contributed by atoms with Crippen LogP contribution in [0.4, 0.5) is 0 Å². The van der Waals surface area contributed by atoms with Crippen molar-refractivity contribution in [2.75, 3.05) is 13.2 Å². The third kappa shape index (κ3) is 2.26. The van der Waals surface area contributed by atoms with Crippen LogP contribution in [-0.2, 0) is 15.9 Å². The summed E-state index contributed by atoms with van der Waals surface area (Å²) < 4.78 is 16.0. The molecule has 0 N–H and O–H groups in total. The van der Waals surface area contributed by atoms with Crippen LogP contribution >= 0.6 is 0 Å². The fourth-order valence-electron chi connectivity index (χ4n) is 3.42. The molecule has 0 bridgehead atoms. The molecule has 1 atom stereocenters. The molecule has 0 amide bonds. The van der Waals surface area contributed by atoms with Crippen LogP contribution in [0.1, 0.15) is 24.8 Å². The molecule has 1 spiro atoms. The molecule has 2 aliphatic heterocycles. The zero-order valence-electron chi connectivity index (χ0n) is 10.9. The topological polar surface area (TPSA) is 18.5 Å². The van der Waals surface area contributed by atoms with Crippen LogP contribution in [0.2, 0.25) is 0 Å². The Bertz CT molecular complexity index is 517. The molecule has 2 fully saturated rings. The number of rotatable bonds is 0. The summed E-state index contributed by atoms with van der Waals surface area (Å²) in [7, 11) is 0. The maximum absolute atomic E-state index is 5.92. The van der Waals surface area contributed by atoms with Gasteiger partial charge in [-0.25, -0.2) is 0 Å². The molecule has 1 saturated heterocycles. The van der Waals surface area contributed by atoms with Gasteiger partial charge in [0, 0.05) is 0 Å². The molecule has 1 unspecified atom stereocenters. The third-order valence-electron chi connectivity index (χ3n) is 4.43. The standard InChI is InChI=1S/C16H18IO2/c1-2-4-15-12(3-1)9-14-10-16(18-7-8-19-16)6-5-13(14)11-17-15/h1-4,11,14H,5-10H2/q-1. The second kappa shape index (κ2) is 4.86. The Morgan fingerprint density at radius 2 is 2.00 bits per heavy atom. The monoisotopic (exact) mass is 369 g/mol. The van der Waals surface area contributed by atoms with Gasteiger partial charge >= 0.3 is 124 Å². The summed E-state index contributed by atoms with van der Waals surface area (Å²) in [5, 5.41) is 0. The molecule has 2 heterocycles. The Morgan fingerprint density at radius 3 is 2.89 bits per heavy atom. The number of hydrogen-bond acceptors (Lipinski definition) is 2. The van der Waals surface area contributed by atoms with Crippen LogP contribution in [0.25, 0.3) is 0 Å². The molecule has 0 aromatic heterocycles. The Kier molecular flexibility index (Phi) is 3.16. The molecule has 102 valence electrons.